The molecule has 7 heteroatoms. The summed E-state index contributed by atoms with van der Waals surface area (Å²) < 4.78 is 18.2. The van der Waals surface area contributed by atoms with Gasteiger partial charge in [-0.05, 0) is 24.3 Å². The number of hydrogen-bond acceptors (Lipinski definition) is 4. The molecule has 1 aromatic rings. The van der Waals surface area contributed by atoms with Crippen molar-refractivity contribution in [1.82, 2.24) is 10.2 Å². The first kappa shape index (κ1) is 17.4. The molecule has 0 aromatic heterocycles. The number of hydrogen-bond donors (Lipinski definition) is 1. The highest BCUT2D eigenvalue weighted by molar-refractivity contribution is 5.97. The number of anilines is 1. The number of morpholine rings is 1. The zero-order valence-electron chi connectivity index (χ0n) is 13.3. The van der Waals surface area contributed by atoms with Gasteiger partial charge >= 0.3 is 0 Å². The molecule has 2 rings (SSSR count). The van der Waals surface area contributed by atoms with E-state index >= 15 is 0 Å². The average Bonchev–Trinajstić information content (AvgIpc) is 2.54. The maximum absolute atomic E-state index is 13.0. The van der Waals surface area contributed by atoms with Crippen LogP contribution in [0.15, 0.2) is 24.3 Å². The van der Waals surface area contributed by atoms with Crippen molar-refractivity contribution < 1.29 is 18.7 Å². The number of benzene rings is 1. The van der Waals surface area contributed by atoms with Gasteiger partial charge in [0.2, 0.25) is 11.8 Å². The van der Waals surface area contributed by atoms with Crippen LogP contribution in [0.25, 0.3) is 0 Å². The van der Waals surface area contributed by atoms with Gasteiger partial charge in [-0.1, -0.05) is 0 Å². The molecular weight excluding hydrogens is 301 g/mol. The van der Waals surface area contributed by atoms with Crippen molar-refractivity contribution >= 4 is 17.5 Å². The molecule has 0 spiro atoms. The highest BCUT2D eigenvalue weighted by Crippen LogP contribution is 2.14. The molecule has 0 radical (unpaired) electrons. The van der Waals surface area contributed by atoms with Gasteiger partial charge in [0.25, 0.3) is 0 Å². The van der Waals surface area contributed by atoms with Gasteiger partial charge in [0.05, 0.1) is 13.2 Å². The second-order valence-electron chi connectivity index (χ2n) is 5.39. The molecule has 1 aromatic carbocycles. The molecule has 0 atom stereocenters. The quantitative estimate of drug-likeness (QED) is 0.834. The van der Waals surface area contributed by atoms with Gasteiger partial charge in [-0.25, -0.2) is 4.39 Å². The number of amides is 2. The Hall–Kier alpha value is -1.99. The number of nitrogens with one attached hydrogen (secondary N) is 1. The number of nitrogens with zero attached hydrogens (tertiary/aromatic N) is 2. The van der Waals surface area contributed by atoms with Crippen LogP contribution >= 0.6 is 0 Å². The predicted octanol–water partition coefficient (Wildman–Crippen LogP) is 0.627. The van der Waals surface area contributed by atoms with Gasteiger partial charge in [-0.2, -0.15) is 0 Å². The molecule has 1 heterocycles. The smallest absolute Gasteiger partial charge is 0.240 e. The Bertz CT molecular complexity index is 530. The van der Waals surface area contributed by atoms with Crippen LogP contribution in [0.2, 0.25) is 0 Å². The first-order valence-electron chi connectivity index (χ1n) is 7.67. The van der Waals surface area contributed by atoms with Gasteiger partial charge in [0, 0.05) is 38.8 Å². The molecule has 0 unspecified atom stereocenters. The Morgan fingerprint density at radius 2 is 1.91 bits per heavy atom. The molecular formula is C16H22FN3O3. The van der Waals surface area contributed by atoms with Crippen molar-refractivity contribution in [2.75, 3.05) is 50.8 Å². The molecule has 1 fully saturated rings. The van der Waals surface area contributed by atoms with Crippen LogP contribution in [-0.4, -0.2) is 62.7 Å². The van der Waals surface area contributed by atoms with Gasteiger partial charge in [-0.3, -0.25) is 14.5 Å². The first-order valence-corrected chi connectivity index (χ1v) is 7.67. The van der Waals surface area contributed by atoms with Crippen LogP contribution in [0.3, 0.4) is 0 Å². The largest absolute Gasteiger partial charge is 0.379 e. The van der Waals surface area contributed by atoms with E-state index in [1.807, 2.05) is 0 Å². The van der Waals surface area contributed by atoms with Gasteiger partial charge in [0.1, 0.15) is 12.4 Å². The van der Waals surface area contributed by atoms with E-state index in [2.05, 4.69) is 10.2 Å². The summed E-state index contributed by atoms with van der Waals surface area (Å²) in [4.78, 5) is 27.3. The SMILES string of the molecule is CC(=O)N(CC(=O)NCCN1CCOCC1)c1ccc(F)cc1. The van der Waals surface area contributed by atoms with Crippen molar-refractivity contribution in [2.45, 2.75) is 6.92 Å². The Balaban J connectivity index is 1.81. The zero-order chi connectivity index (χ0) is 16.7. The van der Waals surface area contributed by atoms with E-state index in [4.69, 9.17) is 4.74 Å². The van der Waals surface area contributed by atoms with Gasteiger partial charge in [-0.15, -0.1) is 0 Å². The molecule has 1 aliphatic heterocycles. The highest BCUT2D eigenvalue weighted by Gasteiger charge is 2.16. The molecule has 6 nitrogen and oxygen atoms in total. The fourth-order valence-corrected chi connectivity index (χ4v) is 2.38. The average molecular weight is 323 g/mol. The summed E-state index contributed by atoms with van der Waals surface area (Å²) >= 11 is 0. The van der Waals surface area contributed by atoms with Crippen LogP contribution in [0, 0.1) is 5.82 Å². The second-order valence-corrected chi connectivity index (χ2v) is 5.39. The summed E-state index contributed by atoms with van der Waals surface area (Å²) in [6.07, 6.45) is 0. The Morgan fingerprint density at radius 3 is 2.52 bits per heavy atom. The fraction of sp³-hybridized carbons (Fsp3) is 0.500. The van der Waals surface area contributed by atoms with E-state index in [0.29, 0.717) is 12.2 Å². The van der Waals surface area contributed by atoms with Gasteiger partial charge in [0.15, 0.2) is 0 Å². The van der Waals surface area contributed by atoms with Crippen LogP contribution in [-0.2, 0) is 14.3 Å². The monoisotopic (exact) mass is 323 g/mol. The van der Waals surface area contributed by atoms with E-state index in [1.54, 1.807) is 0 Å². The Morgan fingerprint density at radius 1 is 1.26 bits per heavy atom. The van der Waals surface area contributed by atoms with Crippen molar-refractivity contribution in [3.8, 4) is 0 Å². The topological polar surface area (TPSA) is 61.9 Å². The van der Waals surface area contributed by atoms with E-state index in [1.165, 1.54) is 36.1 Å². The number of carbonyl (C=O) groups excluding carboxylic acids is 2. The van der Waals surface area contributed by atoms with Crippen molar-refractivity contribution in [3.05, 3.63) is 30.1 Å². The highest BCUT2D eigenvalue weighted by atomic mass is 19.1. The molecule has 0 aliphatic carbocycles. The molecule has 0 saturated carbocycles. The number of carbonyl (C=O) groups is 2. The van der Waals surface area contributed by atoms with Crippen LogP contribution in [0.4, 0.5) is 10.1 Å². The van der Waals surface area contributed by atoms with Crippen LogP contribution in [0.5, 0.6) is 0 Å². The Labute approximate surface area is 135 Å². The van der Waals surface area contributed by atoms with Gasteiger partial charge < -0.3 is 15.0 Å². The lowest BCUT2D eigenvalue weighted by Crippen LogP contribution is -2.44. The molecule has 126 valence electrons. The van der Waals surface area contributed by atoms with Crippen molar-refractivity contribution in [2.24, 2.45) is 0 Å². The maximum atomic E-state index is 13.0. The minimum atomic E-state index is -0.382. The van der Waals surface area contributed by atoms with E-state index in [9.17, 15) is 14.0 Å². The normalized spacial score (nSPS) is 15.2. The Kier molecular flexibility index (Phi) is 6.49. The lowest BCUT2D eigenvalue weighted by molar-refractivity contribution is -0.123. The molecule has 23 heavy (non-hydrogen) atoms. The number of halogens is 1. The third-order valence-electron chi connectivity index (χ3n) is 3.67. The van der Waals surface area contributed by atoms with E-state index in [-0.39, 0.29) is 24.2 Å². The molecule has 1 N–H and O–H groups in total. The van der Waals surface area contributed by atoms with E-state index < -0.39 is 0 Å². The third kappa shape index (κ3) is 5.61. The molecule has 2 amide bonds. The van der Waals surface area contributed by atoms with Crippen LogP contribution in [0.1, 0.15) is 6.92 Å². The standard InChI is InChI=1S/C16H22FN3O3/c1-13(21)20(15-4-2-14(17)3-5-15)12-16(22)18-6-7-19-8-10-23-11-9-19/h2-5H,6-12H2,1H3,(H,18,22). The first-order chi connectivity index (χ1) is 11.1. The summed E-state index contributed by atoms with van der Waals surface area (Å²) in [5, 5.41) is 2.81. The maximum Gasteiger partial charge on any atom is 0.240 e. The summed E-state index contributed by atoms with van der Waals surface area (Å²) in [6, 6.07) is 5.50. The lowest BCUT2D eigenvalue weighted by atomic mass is 10.2. The minimum Gasteiger partial charge on any atom is -0.379 e. The van der Waals surface area contributed by atoms with Crippen molar-refractivity contribution in [1.29, 1.82) is 0 Å². The van der Waals surface area contributed by atoms with Crippen molar-refractivity contribution in [3.63, 3.8) is 0 Å². The fourth-order valence-electron chi connectivity index (χ4n) is 2.38. The second kappa shape index (κ2) is 8.59. The summed E-state index contributed by atoms with van der Waals surface area (Å²) in [6.45, 7) is 5.75. The summed E-state index contributed by atoms with van der Waals surface area (Å²) in [5.74, 6) is -0.884. The molecule has 1 aliphatic rings. The summed E-state index contributed by atoms with van der Waals surface area (Å²) in [7, 11) is 0. The lowest BCUT2D eigenvalue weighted by Gasteiger charge is -2.26. The summed E-state index contributed by atoms with van der Waals surface area (Å²) in [5.41, 5.74) is 0.502. The van der Waals surface area contributed by atoms with Crippen LogP contribution < -0.4 is 10.2 Å². The number of ether oxygens (including phenoxy) is 1. The number of rotatable bonds is 6. The molecule has 1 saturated heterocycles. The molecule has 0 bridgehead atoms. The minimum absolute atomic E-state index is 0.0793. The zero-order valence-corrected chi connectivity index (χ0v) is 13.3. The predicted molar refractivity (Wildman–Crippen MR) is 84.7 cm³/mol. The third-order valence-corrected chi connectivity index (χ3v) is 3.67. The van der Waals surface area contributed by atoms with E-state index in [0.717, 1.165) is 32.8 Å².